The molecule has 5 nitrogen and oxygen atoms in total. The van der Waals surface area contributed by atoms with E-state index in [4.69, 9.17) is 4.74 Å². The number of rotatable bonds is 7. The molecule has 2 aliphatic heterocycles. The molecule has 0 radical (unpaired) electrons. The van der Waals surface area contributed by atoms with Crippen molar-refractivity contribution in [1.82, 2.24) is 9.80 Å². The van der Waals surface area contributed by atoms with Crippen LogP contribution in [0, 0.1) is 0 Å². The van der Waals surface area contributed by atoms with Crippen LogP contribution in [0.2, 0.25) is 39.3 Å². The number of ether oxygens (including phenoxy) is 1. The molecule has 2 fully saturated rings. The molecule has 0 saturated carbocycles. The maximum atomic E-state index is 13.8. The van der Waals surface area contributed by atoms with Gasteiger partial charge in [0.2, 0.25) is 0 Å². The molecule has 2 aliphatic rings. The number of benzene rings is 1. The predicted molar refractivity (Wildman–Crippen MR) is 122 cm³/mol. The van der Waals surface area contributed by atoms with Crippen LogP contribution in [-0.2, 0) is 9.53 Å². The van der Waals surface area contributed by atoms with Gasteiger partial charge in [-0.05, 0) is 12.0 Å². The van der Waals surface area contributed by atoms with Crippen molar-refractivity contribution in [3.63, 3.8) is 0 Å². The third kappa shape index (κ3) is 3.70. The van der Waals surface area contributed by atoms with Crippen LogP contribution in [0.1, 0.15) is 18.0 Å². The lowest BCUT2D eigenvalue weighted by Gasteiger charge is -2.60. The highest BCUT2D eigenvalue weighted by Crippen LogP contribution is 2.45. The number of hydrogen-bond donors (Lipinski definition) is 0. The first-order valence-electron chi connectivity index (χ1n) is 10.4. The number of carbonyl (C=O) groups is 2. The SMILES string of the molecule is C=CC[C@@]1(N2C(=O)OC[C@@H]2c2ccccc2)CN(C([Si](C)(C)C)[Si](C)(C)C)C1=O. The number of nitrogens with zero attached hydrogens (tertiary/aromatic N) is 2. The molecule has 0 N–H and O–H groups in total. The Kier molecular flexibility index (Phi) is 5.59. The first kappa shape index (κ1) is 21.8. The molecule has 0 spiro atoms. The van der Waals surface area contributed by atoms with E-state index in [0.717, 1.165) is 5.56 Å². The van der Waals surface area contributed by atoms with Gasteiger partial charge in [0.15, 0.2) is 0 Å². The van der Waals surface area contributed by atoms with Crippen LogP contribution in [0.3, 0.4) is 0 Å². The molecular formula is C22H34N2O3Si2. The summed E-state index contributed by atoms with van der Waals surface area (Å²) in [5.41, 5.74) is 0.118. The van der Waals surface area contributed by atoms with E-state index in [1.54, 1.807) is 11.0 Å². The Labute approximate surface area is 176 Å². The van der Waals surface area contributed by atoms with Crippen molar-refractivity contribution in [2.45, 2.75) is 62.6 Å². The van der Waals surface area contributed by atoms with Crippen LogP contribution >= 0.6 is 0 Å². The van der Waals surface area contributed by atoms with Crippen molar-refractivity contribution in [2.75, 3.05) is 13.2 Å². The van der Waals surface area contributed by atoms with Gasteiger partial charge in [-0.2, -0.15) is 0 Å². The van der Waals surface area contributed by atoms with Crippen molar-refractivity contribution in [3.8, 4) is 0 Å². The maximum Gasteiger partial charge on any atom is 0.411 e. The van der Waals surface area contributed by atoms with Crippen LogP contribution < -0.4 is 0 Å². The number of cyclic esters (lactones) is 1. The van der Waals surface area contributed by atoms with E-state index in [1.807, 2.05) is 30.3 Å². The van der Waals surface area contributed by atoms with E-state index in [2.05, 4.69) is 50.8 Å². The van der Waals surface area contributed by atoms with Gasteiger partial charge >= 0.3 is 6.09 Å². The Morgan fingerprint density at radius 1 is 1.14 bits per heavy atom. The molecular weight excluding hydrogens is 396 g/mol. The molecule has 0 unspecified atom stereocenters. The van der Waals surface area contributed by atoms with Crippen molar-refractivity contribution in [1.29, 1.82) is 0 Å². The first-order chi connectivity index (χ1) is 13.4. The monoisotopic (exact) mass is 430 g/mol. The third-order valence-corrected chi connectivity index (χ3v) is 15.1. The van der Waals surface area contributed by atoms with Crippen molar-refractivity contribution in [2.24, 2.45) is 0 Å². The van der Waals surface area contributed by atoms with Gasteiger partial charge in [0.25, 0.3) is 5.91 Å². The predicted octanol–water partition coefficient (Wildman–Crippen LogP) is 4.46. The Hall–Kier alpha value is -1.87. The van der Waals surface area contributed by atoms with Crippen LogP contribution in [-0.4, -0.2) is 61.9 Å². The molecule has 7 heteroatoms. The molecule has 158 valence electrons. The highest BCUT2D eigenvalue weighted by atomic mass is 28.4. The van der Waals surface area contributed by atoms with Gasteiger partial charge in [-0.25, -0.2) is 4.79 Å². The van der Waals surface area contributed by atoms with E-state index in [0.29, 0.717) is 18.3 Å². The van der Waals surface area contributed by atoms with E-state index in [1.165, 1.54) is 0 Å². The molecule has 2 heterocycles. The van der Waals surface area contributed by atoms with E-state index in [-0.39, 0.29) is 18.6 Å². The first-order valence-corrected chi connectivity index (χ1v) is 17.5. The lowest BCUT2D eigenvalue weighted by Crippen LogP contribution is -2.81. The van der Waals surface area contributed by atoms with E-state index >= 15 is 0 Å². The molecule has 0 aliphatic carbocycles. The molecule has 2 amide bonds. The molecule has 3 rings (SSSR count). The summed E-state index contributed by atoms with van der Waals surface area (Å²) >= 11 is 0. The smallest absolute Gasteiger partial charge is 0.411 e. The summed E-state index contributed by atoms with van der Waals surface area (Å²) in [5, 5.41) is 0.328. The molecule has 2 saturated heterocycles. The van der Waals surface area contributed by atoms with Crippen LogP contribution in [0.4, 0.5) is 4.79 Å². The van der Waals surface area contributed by atoms with Gasteiger partial charge in [-0.15, -0.1) is 6.58 Å². The Balaban J connectivity index is 1.98. The quantitative estimate of drug-likeness (QED) is 0.364. The van der Waals surface area contributed by atoms with Gasteiger partial charge in [0.05, 0.1) is 28.7 Å². The number of carbonyl (C=O) groups excluding carboxylic acids is 2. The molecule has 1 aromatic rings. The second-order valence-corrected chi connectivity index (χ2v) is 21.6. The molecule has 1 aromatic carbocycles. The zero-order valence-corrected chi connectivity index (χ0v) is 20.6. The van der Waals surface area contributed by atoms with Gasteiger partial charge in [0, 0.05) is 5.29 Å². The lowest BCUT2D eigenvalue weighted by atomic mass is 9.82. The van der Waals surface area contributed by atoms with Crippen LogP contribution in [0.25, 0.3) is 0 Å². The van der Waals surface area contributed by atoms with Crippen LogP contribution in [0.15, 0.2) is 43.0 Å². The summed E-state index contributed by atoms with van der Waals surface area (Å²) in [6.07, 6.45) is 1.82. The van der Waals surface area contributed by atoms with Crippen molar-refractivity contribution >= 4 is 28.1 Å². The maximum absolute atomic E-state index is 13.8. The summed E-state index contributed by atoms with van der Waals surface area (Å²) in [4.78, 5) is 30.4. The molecule has 29 heavy (non-hydrogen) atoms. The Bertz CT molecular complexity index is 787. The molecule has 0 bridgehead atoms. The van der Waals surface area contributed by atoms with Crippen molar-refractivity contribution < 1.29 is 14.3 Å². The standard InChI is InChI=1S/C22H34N2O3Si2/c1-8-14-22(16-23(19(22)25)21(28(2,3)4)29(5,6)7)24-18(15-27-20(24)26)17-12-10-9-11-13-17/h8-13,18,21H,1,14-16H2,2-7H3/t18-,22-/m1/s1. The fourth-order valence-electron chi connectivity index (χ4n) is 5.52. The number of amides is 2. The van der Waals surface area contributed by atoms with Gasteiger partial charge in [-0.1, -0.05) is 75.7 Å². The van der Waals surface area contributed by atoms with Gasteiger partial charge in [0.1, 0.15) is 12.1 Å². The fraction of sp³-hybridized carbons (Fsp3) is 0.545. The topological polar surface area (TPSA) is 49.9 Å². The van der Waals surface area contributed by atoms with Gasteiger partial charge < -0.3 is 9.64 Å². The number of likely N-dealkylation sites (tertiary alicyclic amines) is 1. The largest absolute Gasteiger partial charge is 0.447 e. The summed E-state index contributed by atoms with van der Waals surface area (Å²) in [6, 6.07) is 9.61. The minimum absolute atomic E-state index is 0.0621. The Morgan fingerprint density at radius 3 is 2.21 bits per heavy atom. The molecule has 0 aromatic heterocycles. The summed E-state index contributed by atoms with van der Waals surface area (Å²) in [5.74, 6) is 0.0621. The molecule has 2 atom stereocenters. The second-order valence-electron chi connectivity index (χ2n) is 10.5. The van der Waals surface area contributed by atoms with Crippen molar-refractivity contribution in [3.05, 3.63) is 48.6 Å². The van der Waals surface area contributed by atoms with E-state index < -0.39 is 27.8 Å². The second kappa shape index (κ2) is 7.43. The zero-order chi connectivity index (χ0) is 21.6. The summed E-state index contributed by atoms with van der Waals surface area (Å²) in [6.45, 7) is 18.8. The average molecular weight is 431 g/mol. The summed E-state index contributed by atoms with van der Waals surface area (Å²) < 4.78 is 5.44. The number of β-lactam (4-membered cyclic amide) rings is 1. The number of hydrogen-bond acceptors (Lipinski definition) is 3. The normalized spacial score (nSPS) is 25.3. The minimum atomic E-state index is -1.61. The summed E-state index contributed by atoms with van der Waals surface area (Å²) in [7, 11) is -3.23. The highest BCUT2D eigenvalue weighted by Gasteiger charge is 2.64. The fourth-order valence-corrected chi connectivity index (χ4v) is 18.2. The van der Waals surface area contributed by atoms with Gasteiger partial charge in [-0.3, -0.25) is 9.69 Å². The minimum Gasteiger partial charge on any atom is -0.447 e. The highest BCUT2D eigenvalue weighted by molar-refractivity contribution is 6.96. The third-order valence-electron chi connectivity index (χ3n) is 6.04. The zero-order valence-electron chi connectivity index (χ0n) is 18.6. The average Bonchev–Trinajstić information content (AvgIpc) is 3.00. The van der Waals surface area contributed by atoms with E-state index in [9.17, 15) is 9.59 Å². The van der Waals surface area contributed by atoms with Crippen LogP contribution in [0.5, 0.6) is 0 Å². The lowest BCUT2D eigenvalue weighted by molar-refractivity contribution is -0.162. The Morgan fingerprint density at radius 2 is 1.72 bits per heavy atom.